The van der Waals surface area contributed by atoms with Crippen molar-refractivity contribution in [3.63, 3.8) is 0 Å². The zero-order chi connectivity index (χ0) is 18.6. The van der Waals surface area contributed by atoms with Gasteiger partial charge in [0.2, 0.25) is 0 Å². The third-order valence-corrected chi connectivity index (χ3v) is 5.76. The molecule has 0 amide bonds. The molecule has 3 N–H and O–H groups in total. The maximum absolute atomic E-state index is 10.7. The van der Waals surface area contributed by atoms with Crippen LogP contribution in [0.5, 0.6) is 0 Å². The highest BCUT2D eigenvalue weighted by atomic mass is 31.2. The van der Waals surface area contributed by atoms with Gasteiger partial charge in [-0.05, 0) is 12.8 Å². The van der Waals surface area contributed by atoms with E-state index in [0.717, 1.165) is 19.3 Å². The molecule has 152 valence electrons. The SMILES string of the molecule is O=P(O)(O)CCCCCCCCCCCCCCCCCCCCO. The normalized spacial score (nSPS) is 12.0. The van der Waals surface area contributed by atoms with Crippen molar-refractivity contribution in [3.8, 4) is 0 Å². The molecule has 5 heteroatoms. The van der Waals surface area contributed by atoms with E-state index >= 15 is 0 Å². The minimum Gasteiger partial charge on any atom is -0.396 e. The lowest BCUT2D eigenvalue weighted by molar-refractivity contribution is 0.282. The third-order valence-electron chi connectivity index (χ3n) is 4.86. The van der Waals surface area contributed by atoms with Crippen LogP contribution in [-0.2, 0) is 4.57 Å². The molecule has 25 heavy (non-hydrogen) atoms. The van der Waals surface area contributed by atoms with Gasteiger partial charge in [0.15, 0.2) is 0 Å². The summed E-state index contributed by atoms with van der Waals surface area (Å²) in [6.45, 7) is 0.347. The molecule has 0 rings (SSSR count). The Balaban J connectivity index is 3.02. The van der Waals surface area contributed by atoms with Gasteiger partial charge in [0.25, 0.3) is 0 Å². The topological polar surface area (TPSA) is 77.8 Å². The molecule has 0 aliphatic rings. The van der Waals surface area contributed by atoms with Crippen LogP contribution in [-0.4, -0.2) is 27.7 Å². The minimum absolute atomic E-state index is 0.0523. The van der Waals surface area contributed by atoms with E-state index < -0.39 is 7.60 Å². The summed E-state index contributed by atoms with van der Waals surface area (Å²) in [7, 11) is -3.77. The Bertz CT molecular complexity index is 304. The molecular weight excluding hydrogens is 335 g/mol. The Labute approximate surface area is 156 Å². The Morgan fingerprint density at radius 2 is 0.680 bits per heavy atom. The molecule has 0 aliphatic heterocycles. The van der Waals surface area contributed by atoms with Crippen molar-refractivity contribution in [1.82, 2.24) is 0 Å². The van der Waals surface area contributed by atoms with Crippen LogP contribution in [0.3, 0.4) is 0 Å². The second-order valence-electron chi connectivity index (χ2n) is 7.48. The van der Waals surface area contributed by atoms with Gasteiger partial charge in [-0.25, -0.2) is 0 Å². The second-order valence-corrected chi connectivity index (χ2v) is 9.25. The quantitative estimate of drug-likeness (QED) is 0.175. The van der Waals surface area contributed by atoms with E-state index in [1.54, 1.807) is 0 Å². The van der Waals surface area contributed by atoms with Crippen molar-refractivity contribution < 1.29 is 19.5 Å². The number of unbranched alkanes of at least 4 members (excludes halogenated alkanes) is 17. The van der Waals surface area contributed by atoms with Crippen molar-refractivity contribution in [1.29, 1.82) is 0 Å². The van der Waals surface area contributed by atoms with Crippen molar-refractivity contribution in [3.05, 3.63) is 0 Å². The molecule has 0 heterocycles. The van der Waals surface area contributed by atoms with Gasteiger partial charge in [-0.2, -0.15) is 0 Å². The van der Waals surface area contributed by atoms with Crippen molar-refractivity contribution in [2.45, 2.75) is 116 Å². The fraction of sp³-hybridized carbons (Fsp3) is 1.00. The molecule has 0 bridgehead atoms. The largest absolute Gasteiger partial charge is 0.396 e. The smallest absolute Gasteiger partial charge is 0.325 e. The summed E-state index contributed by atoms with van der Waals surface area (Å²) in [5.41, 5.74) is 0. The maximum atomic E-state index is 10.7. The molecule has 0 spiro atoms. The summed E-state index contributed by atoms with van der Waals surface area (Å²) < 4.78 is 10.7. The number of hydrogen-bond acceptors (Lipinski definition) is 2. The van der Waals surface area contributed by atoms with Crippen LogP contribution in [0.1, 0.15) is 116 Å². The molecule has 0 saturated carbocycles. The van der Waals surface area contributed by atoms with Crippen molar-refractivity contribution in [2.75, 3.05) is 12.8 Å². The Morgan fingerprint density at radius 1 is 0.440 bits per heavy atom. The minimum atomic E-state index is -3.77. The molecule has 0 saturated heterocycles. The van der Waals surface area contributed by atoms with Gasteiger partial charge < -0.3 is 14.9 Å². The molecular formula is C20H43O4P. The van der Waals surface area contributed by atoms with Gasteiger partial charge in [-0.15, -0.1) is 0 Å². The predicted molar refractivity (Wildman–Crippen MR) is 107 cm³/mol. The highest BCUT2D eigenvalue weighted by Crippen LogP contribution is 2.35. The Morgan fingerprint density at radius 3 is 0.920 bits per heavy atom. The van der Waals surface area contributed by atoms with Crippen LogP contribution in [0.4, 0.5) is 0 Å². The Kier molecular flexibility index (Phi) is 19.0. The highest BCUT2D eigenvalue weighted by Gasteiger charge is 2.10. The number of rotatable bonds is 20. The van der Waals surface area contributed by atoms with Crippen LogP contribution in [0, 0.1) is 0 Å². The average Bonchev–Trinajstić information content (AvgIpc) is 2.56. The zero-order valence-corrected chi connectivity index (χ0v) is 17.2. The average molecular weight is 379 g/mol. The summed E-state index contributed by atoms with van der Waals surface area (Å²) in [4.78, 5) is 17.5. The third kappa shape index (κ3) is 24.1. The van der Waals surface area contributed by atoms with Gasteiger partial charge in [-0.1, -0.05) is 103 Å². The van der Waals surface area contributed by atoms with Crippen LogP contribution in [0.25, 0.3) is 0 Å². The second kappa shape index (κ2) is 18.9. The van der Waals surface area contributed by atoms with Crippen LogP contribution in [0.2, 0.25) is 0 Å². The zero-order valence-electron chi connectivity index (χ0n) is 16.3. The summed E-state index contributed by atoms with van der Waals surface area (Å²) in [6, 6.07) is 0. The first kappa shape index (κ1) is 25.1. The first-order valence-corrected chi connectivity index (χ1v) is 12.5. The van der Waals surface area contributed by atoms with Gasteiger partial charge >= 0.3 is 7.60 Å². The first-order chi connectivity index (χ1) is 12.1. The summed E-state index contributed by atoms with van der Waals surface area (Å²) >= 11 is 0. The van der Waals surface area contributed by atoms with Crippen molar-refractivity contribution >= 4 is 7.60 Å². The summed E-state index contributed by atoms with van der Waals surface area (Å²) in [6.07, 6.45) is 22.3. The molecule has 0 aromatic rings. The highest BCUT2D eigenvalue weighted by molar-refractivity contribution is 7.51. The molecule has 0 unspecified atom stereocenters. The van der Waals surface area contributed by atoms with Gasteiger partial charge in [0.1, 0.15) is 0 Å². The molecule has 0 aromatic heterocycles. The molecule has 4 nitrogen and oxygen atoms in total. The van der Waals surface area contributed by atoms with Gasteiger partial charge in [0, 0.05) is 12.8 Å². The fourth-order valence-electron chi connectivity index (χ4n) is 3.26. The van der Waals surface area contributed by atoms with Crippen LogP contribution >= 0.6 is 7.60 Å². The van der Waals surface area contributed by atoms with E-state index in [9.17, 15) is 4.57 Å². The molecule has 0 aliphatic carbocycles. The predicted octanol–water partition coefficient (Wildman–Crippen LogP) is 6.18. The van der Waals surface area contributed by atoms with E-state index in [2.05, 4.69) is 0 Å². The van der Waals surface area contributed by atoms with E-state index in [1.165, 1.54) is 89.9 Å². The standard InChI is InChI=1S/C20H43O4P/c21-19-17-15-13-11-9-7-5-3-1-2-4-6-8-10-12-14-16-18-20-25(22,23)24/h21H,1-20H2,(H2,22,23,24). The number of aliphatic hydroxyl groups excluding tert-OH is 1. The molecule has 0 aromatic carbocycles. The Hall–Kier alpha value is 0.110. The monoisotopic (exact) mass is 378 g/mol. The van der Waals surface area contributed by atoms with E-state index in [0.29, 0.717) is 13.0 Å². The van der Waals surface area contributed by atoms with Crippen LogP contribution in [0.15, 0.2) is 0 Å². The fourth-order valence-corrected chi connectivity index (χ4v) is 3.89. The van der Waals surface area contributed by atoms with Gasteiger partial charge in [0.05, 0.1) is 0 Å². The number of hydrogen-bond donors (Lipinski definition) is 3. The molecule has 0 fully saturated rings. The first-order valence-electron chi connectivity index (χ1n) is 10.7. The lowest BCUT2D eigenvalue weighted by atomic mass is 10.0. The van der Waals surface area contributed by atoms with Crippen LogP contribution < -0.4 is 0 Å². The van der Waals surface area contributed by atoms with Crippen molar-refractivity contribution in [2.24, 2.45) is 0 Å². The number of aliphatic hydroxyl groups is 1. The summed E-state index contributed by atoms with van der Waals surface area (Å²) in [5.74, 6) is 0. The lowest BCUT2D eigenvalue weighted by Gasteiger charge is -2.04. The molecule has 0 atom stereocenters. The van der Waals surface area contributed by atoms with E-state index in [1.807, 2.05) is 0 Å². The van der Waals surface area contributed by atoms with E-state index in [-0.39, 0.29) is 6.16 Å². The van der Waals surface area contributed by atoms with Gasteiger partial charge in [-0.3, -0.25) is 4.57 Å². The summed E-state index contributed by atoms with van der Waals surface area (Å²) in [5, 5.41) is 8.70. The van der Waals surface area contributed by atoms with E-state index in [4.69, 9.17) is 14.9 Å². The molecule has 0 radical (unpaired) electrons. The maximum Gasteiger partial charge on any atom is 0.325 e. The lowest BCUT2D eigenvalue weighted by Crippen LogP contribution is -1.88.